The minimum absolute atomic E-state index is 0.238. The van der Waals surface area contributed by atoms with Crippen molar-refractivity contribution in [2.45, 2.75) is 13.0 Å². The lowest BCUT2D eigenvalue weighted by molar-refractivity contribution is 0.102. The molecule has 148 valence electrons. The van der Waals surface area contributed by atoms with Crippen LogP contribution in [0.25, 0.3) is 0 Å². The zero-order valence-corrected chi connectivity index (χ0v) is 17.2. The van der Waals surface area contributed by atoms with Crippen LogP contribution in [0, 0.1) is 0 Å². The summed E-state index contributed by atoms with van der Waals surface area (Å²) in [7, 11) is 0. The molecule has 0 unspecified atom stereocenters. The van der Waals surface area contributed by atoms with Crippen LogP contribution in [0.2, 0.25) is 5.02 Å². The number of ether oxygens (including phenoxy) is 2. The molecule has 0 aliphatic carbocycles. The number of carbonyl (C=O) groups is 1. The van der Waals surface area contributed by atoms with Gasteiger partial charge in [0.2, 0.25) is 0 Å². The molecule has 1 N–H and O–H groups in total. The Labute approximate surface area is 177 Å². The van der Waals surface area contributed by atoms with Gasteiger partial charge in [-0.25, -0.2) is 0 Å². The van der Waals surface area contributed by atoms with Gasteiger partial charge in [0.1, 0.15) is 13.2 Å². The van der Waals surface area contributed by atoms with Crippen LogP contribution in [0.15, 0.2) is 47.8 Å². The van der Waals surface area contributed by atoms with E-state index in [1.165, 1.54) is 10.4 Å². The Kier molecular flexibility index (Phi) is 4.81. The Morgan fingerprint density at radius 2 is 1.93 bits per heavy atom. The number of rotatable bonds is 3. The lowest BCUT2D eigenvalue weighted by Crippen LogP contribution is -2.29. The van der Waals surface area contributed by atoms with Crippen LogP contribution in [0.4, 0.5) is 11.4 Å². The van der Waals surface area contributed by atoms with Crippen LogP contribution in [0.5, 0.6) is 11.5 Å². The Hall–Kier alpha value is -2.70. The molecule has 1 aromatic heterocycles. The molecule has 7 heteroatoms. The second-order valence-corrected chi connectivity index (χ2v) is 8.43. The van der Waals surface area contributed by atoms with Crippen molar-refractivity contribution in [3.05, 3.63) is 68.9 Å². The smallest absolute Gasteiger partial charge is 0.255 e. The highest BCUT2D eigenvalue weighted by atomic mass is 35.5. The average Bonchev–Trinajstić information content (AvgIpc) is 3.22. The molecule has 2 aliphatic rings. The van der Waals surface area contributed by atoms with Gasteiger partial charge in [-0.15, -0.1) is 11.3 Å². The highest BCUT2D eigenvalue weighted by Gasteiger charge is 2.20. The first-order chi connectivity index (χ1) is 14.2. The van der Waals surface area contributed by atoms with E-state index < -0.39 is 0 Å². The van der Waals surface area contributed by atoms with Gasteiger partial charge in [-0.2, -0.15) is 0 Å². The summed E-state index contributed by atoms with van der Waals surface area (Å²) < 4.78 is 11.1. The molecule has 5 rings (SSSR count). The summed E-state index contributed by atoms with van der Waals surface area (Å²) in [4.78, 5) is 16.5. The Bertz CT molecular complexity index is 1060. The maximum Gasteiger partial charge on any atom is 0.255 e. The van der Waals surface area contributed by atoms with Gasteiger partial charge >= 0.3 is 0 Å². The summed E-state index contributed by atoms with van der Waals surface area (Å²) >= 11 is 8.08. The third kappa shape index (κ3) is 3.66. The van der Waals surface area contributed by atoms with Crippen molar-refractivity contribution < 1.29 is 14.3 Å². The summed E-state index contributed by atoms with van der Waals surface area (Å²) in [6.45, 7) is 2.84. The summed E-state index contributed by atoms with van der Waals surface area (Å²) in [5, 5.41) is 5.46. The number of anilines is 2. The summed E-state index contributed by atoms with van der Waals surface area (Å²) in [6, 6.07) is 13.4. The van der Waals surface area contributed by atoms with Crippen molar-refractivity contribution in [2.24, 2.45) is 0 Å². The molecule has 3 heterocycles. The molecule has 1 amide bonds. The number of thiophene rings is 1. The predicted molar refractivity (Wildman–Crippen MR) is 116 cm³/mol. The molecule has 2 aromatic carbocycles. The van der Waals surface area contributed by atoms with Crippen LogP contribution in [0.3, 0.4) is 0 Å². The lowest BCUT2D eigenvalue weighted by Gasteiger charge is -2.29. The van der Waals surface area contributed by atoms with Crippen LogP contribution < -0.4 is 19.7 Å². The molecule has 0 atom stereocenters. The van der Waals surface area contributed by atoms with E-state index in [1.807, 2.05) is 35.6 Å². The Balaban J connectivity index is 1.29. The van der Waals surface area contributed by atoms with Crippen molar-refractivity contribution in [3.8, 4) is 11.5 Å². The molecule has 3 aromatic rings. The number of hydrogen-bond donors (Lipinski definition) is 1. The molecule has 0 saturated heterocycles. The van der Waals surface area contributed by atoms with E-state index in [0.29, 0.717) is 35.3 Å². The Morgan fingerprint density at radius 1 is 1.10 bits per heavy atom. The fraction of sp³-hybridized carbons (Fsp3) is 0.227. The van der Waals surface area contributed by atoms with E-state index in [2.05, 4.69) is 21.7 Å². The predicted octanol–water partition coefficient (Wildman–Crippen LogP) is 4.99. The minimum atomic E-state index is -0.238. The Morgan fingerprint density at radius 3 is 2.79 bits per heavy atom. The van der Waals surface area contributed by atoms with E-state index in [1.54, 1.807) is 12.1 Å². The quantitative estimate of drug-likeness (QED) is 0.641. The molecule has 5 nitrogen and oxygen atoms in total. The third-order valence-electron chi connectivity index (χ3n) is 5.16. The summed E-state index contributed by atoms with van der Waals surface area (Å²) in [5.74, 6) is 0.758. The van der Waals surface area contributed by atoms with Gasteiger partial charge in [0.05, 0.1) is 5.02 Å². The maximum atomic E-state index is 12.7. The van der Waals surface area contributed by atoms with Crippen molar-refractivity contribution in [1.29, 1.82) is 0 Å². The SMILES string of the molecule is O=C(Nc1ccc(N2CCc3sccc3C2)cc1)c1cc(Cl)c2c(c1)OCCO2. The number of nitrogens with one attached hydrogen (secondary N) is 1. The molecule has 29 heavy (non-hydrogen) atoms. The number of nitrogens with zero attached hydrogens (tertiary/aromatic N) is 1. The van der Waals surface area contributed by atoms with Crippen LogP contribution in [-0.4, -0.2) is 25.7 Å². The van der Waals surface area contributed by atoms with Gasteiger partial charge in [-0.3, -0.25) is 4.79 Å². The highest BCUT2D eigenvalue weighted by Crippen LogP contribution is 2.38. The minimum Gasteiger partial charge on any atom is -0.486 e. The first kappa shape index (κ1) is 18.3. The van der Waals surface area contributed by atoms with Crippen LogP contribution in [0.1, 0.15) is 20.8 Å². The number of hydrogen-bond acceptors (Lipinski definition) is 5. The molecule has 0 fully saturated rings. The van der Waals surface area contributed by atoms with Gasteiger partial charge < -0.3 is 19.7 Å². The fourth-order valence-electron chi connectivity index (χ4n) is 3.67. The van der Waals surface area contributed by atoms with Crippen molar-refractivity contribution in [1.82, 2.24) is 0 Å². The molecule has 0 spiro atoms. The van der Waals surface area contributed by atoms with Crippen molar-refractivity contribution >= 4 is 40.2 Å². The van der Waals surface area contributed by atoms with Gasteiger partial charge in [0, 0.05) is 34.9 Å². The fourth-order valence-corrected chi connectivity index (χ4v) is 4.82. The first-order valence-electron chi connectivity index (χ1n) is 9.48. The molecular weight excluding hydrogens is 408 g/mol. The first-order valence-corrected chi connectivity index (χ1v) is 10.7. The third-order valence-corrected chi connectivity index (χ3v) is 6.46. The molecule has 0 bridgehead atoms. The summed E-state index contributed by atoms with van der Waals surface area (Å²) in [6.07, 6.45) is 1.08. The number of amides is 1. The standard InChI is InChI=1S/C22H19ClN2O3S/c23-18-11-15(12-19-21(18)28-9-8-27-19)22(26)24-16-1-3-17(4-2-16)25-7-5-20-14(13-25)6-10-29-20/h1-4,6,10-12H,5,7-9,13H2,(H,24,26). The van der Waals surface area contributed by atoms with E-state index in [9.17, 15) is 4.79 Å². The second kappa shape index (κ2) is 7.61. The normalized spacial score (nSPS) is 15.0. The van der Waals surface area contributed by atoms with E-state index in [0.717, 1.165) is 30.9 Å². The number of halogens is 1. The van der Waals surface area contributed by atoms with Gasteiger partial charge in [0.25, 0.3) is 5.91 Å². The maximum absolute atomic E-state index is 12.7. The van der Waals surface area contributed by atoms with Crippen molar-refractivity contribution in [2.75, 3.05) is 30.0 Å². The lowest BCUT2D eigenvalue weighted by atomic mass is 10.1. The monoisotopic (exact) mass is 426 g/mol. The number of fused-ring (bicyclic) bond motifs is 2. The average molecular weight is 427 g/mol. The summed E-state index contributed by atoms with van der Waals surface area (Å²) in [5.41, 5.74) is 3.73. The number of carbonyl (C=O) groups excluding carboxylic acids is 1. The number of benzene rings is 2. The van der Waals surface area contributed by atoms with Gasteiger partial charge in [-0.05, 0) is 59.8 Å². The second-order valence-electron chi connectivity index (χ2n) is 7.02. The molecule has 0 saturated carbocycles. The molecule has 2 aliphatic heterocycles. The van der Waals surface area contributed by atoms with E-state index in [4.69, 9.17) is 21.1 Å². The van der Waals surface area contributed by atoms with Crippen molar-refractivity contribution in [3.63, 3.8) is 0 Å². The van der Waals surface area contributed by atoms with Crippen LogP contribution in [-0.2, 0) is 13.0 Å². The largest absolute Gasteiger partial charge is 0.486 e. The topological polar surface area (TPSA) is 50.8 Å². The molecule has 0 radical (unpaired) electrons. The van der Waals surface area contributed by atoms with E-state index >= 15 is 0 Å². The van der Waals surface area contributed by atoms with Gasteiger partial charge in [0.15, 0.2) is 11.5 Å². The van der Waals surface area contributed by atoms with Crippen LogP contribution >= 0.6 is 22.9 Å². The van der Waals surface area contributed by atoms with Gasteiger partial charge in [-0.1, -0.05) is 11.6 Å². The van der Waals surface area contributed by atoms with E-state index in [-0.39, 0.29) is 5.91 Å². The zero-order chi connectivity index (χ0) is 19.8. The highest BCUT2D eigenvalue weighted by molar-refractivity contribution is 7.10. The zero-order valence-electron chi connectivity index (χ0n) is 15.6. The molecular formula is C22H19ClN2O3S.